The van der Waals surface area contributed by atoms with Crippen LogP contribution in [0.15, 0.2) is 58.2 Å². The molecule has 2 heterocycles. The Morgan fingerprint density at radius 2 is 2.04 bits per heavy atom. The Labute approximate surface area is 165 Å². The Hall–Kier alpha value is -3.52. The molecule has 0 bridgehead atoms. The quantitative estimate of drug-likeness (QED) is 0.189. The van der Waals surface area contributed by atoms with Crippen LogP contribution in [-0.2, 0) is 0 Å². The summed E-state index contributed by atoms with van der Waals surface area (Å²) in [5.41, 5.74) is 16.2. The number of hydrogen-bond donors (Lipinski definition) is 3. The van der Waals surface area contributed by atoms with Crippen molar-refractivity contribution >= 4 is 49.7 Å². The summed E-state index contributed by atoms with van der Waals surface area (Å²) in [7, 11) is 1.66. The van der Waals surface area contributed by atoms with Gasteiger partial charge in [0.25, 0.3) is 0 Å². The summed E-state index contributed by atoms with van der Waals surface area (Å²) in [4.78, 5) is 4.82. The molecule has 0 radical (unpaired) electrons. The molecule has 7 nitrogen and oxygen atoms in total. The van der Waals surface area contributed by atoms with Crippen LogP contribution in [0.4, 0.5) is 11.5 Å². The van der Waals surface area contributed by atoms with Crippen molar-refractivity contribution in [2.45, 2.75) is 6.92 Å². The first-order valence-corrected chi connectivity index (χ1v) is 9.41. The standard InChI is InChI=1S/C20H18N6OS/c1-11-3-5-13(10-17(11)27-2)23-20-15-7-8-28-18(15)14-6-4-12(9-16(14)24-20)19(21)25-26-22/h3-10H,1-2H3,(H,23,24)(H3,21,22,25). The SMILES string of the molecule is COc1cc(Nc2nc3cc(/C(N)=N/N=N)ccc3c3sccc23)ccc1C. The monoisotopic (exact) mass is 390 g/mol. The van der Waals surface area contributed by atoms with Gasteiger partial charge in [0.15, 0.2) is 5.84 Å². The molecule has 8 heteroatoms. The Balaban J connectivity index is 1.85. The Morgan fingerprint density at radius 3 is 2.82 bits per heavy atom. The predicted molar refractivity (Wildman–Crippen MR) is 114 cm³/mol. The van der Waals surface area contributed by atoms with Crippen molar-refractivity contribution in [3.63, 3.8) is 0 Å². The molecule has 4 N–H and O–H groups in total. The second-order valence-corrected chi connectivity index (χ2v) is 7.17. The van der Waals surface area contributed by atoms with Crippen LogP contribution in [0.1, 0.15) is 11.1 Å². The molecule has 0 amide bonds. The lowest BCUT2D eigenvalue weighted by atomic mass is 10.1. The molecule has 0 unspecified atom stereocenters. The number of aryl methyl sites for hydroxylation is 1. The molecule has 0 aliphatic heterocycles. The number of nitrogens with two attached hydrogens (primary N) is 1. The molecule has 0 spiro atoms. The molecule has 0 aliphatic carbocycles. The maximum atomic E-state index is 6.86. The third kappa shape index (κ3) is 3.14. The van der Waals surface area contributed by atoms with Crippen molar-refractivity contribution in [3.05, 3.63) is 59.0 Å². The maximum Gasteiger partial charge on any atom is 0.155 e. The van der Waals surface area contributed by atoms with E-state index in [-0.39, 0.29) is 5.84 Å². The number of rotatable bonds is 5. The number of nitrogens with one attached hydrogen (secondary N) is 2. The molecule has 140 valence electrons. The summed E-state index contributed by atoms with van der Waals surface area (Å²) in [5, 5.41) is 14.1. The van der Waals surface area contributed by atoms with Gasteiger partial charge in [0.2, 0.25) is 0 Å². The lowest BCUT2D eigenvalue weighted by Crippen LogP contribution is -2.12. The van der Waals surface area contributed by atoms with Crippen molar-refractivity contribution in [3.8, 4) is 5.75 Å². The van der Waals surface area contributed by atoms with Crippen LogP contribution in [0.5, 0.6) is 5.75 Å². The molecular weight excluding hydrogens is 372 g/mol. The van der Waals surface area contributed by atoms with E-state index in [2.05, 4.69) is 27.1 Å². The van der Waals surface area contributed by atoms with Gasteiger partial charge in [0, 0.05) is 32.8 Å². The van der Waals surface area contributed by atoms with Gasteiger partial charge in [-0.15, -0.1) is 16.4 Å². The number of ether oxygens (including phenoxy) is 1. The topological polar surface area (TPSA) is 109 Å². The minimum atomic E-state index is 0.183. The molecule has 0 saturated carbocycles. The summed E-state index contributed by atoms with van der Waals surface area (Å²) in [6.45, 7) is 2.00. The smallest absolute Gasteiger partial charge is 0.155 e. The zero-order valence-corrected chi connectivity index (χ0v) is 16.2. The highest BCUT2D eigenvalue weighted by Crippen LogP contribution is 2.35. The predicted octanol–water partition coefficient (Wildman–Crippen LogP) is 5.16. The van der Waals surface area contributed by atoms with Gasteiger partial charge in [-0.1, -0.05) is 23.4 Å². The zero-order valence-electron chi connectivity index (χ0n) is 15.4. The number of fused-ring (bicyclic) bond motifs is 3. The number of hydrogen-bond acceptors (Lipinski definition) is 6. The summed E-state index contributed by atoms with van der Waals surface area (Å²) >= 11 is 1.66. The minimum absolute atomic E-state index is 0.183. The molecule has 2 aromatic carbocycles. The molecule has 4 aromatic rings. The lowest BCUT2D eigenvalue weighted by Gasteiger charge is -2.12. The van der Waals surface area contributed by atoms with E-state index in [1.54, 1.807) is 18.4 Å². The second-order valence-electron chi connectivity index (χ2n) is 6.25. The molecule has 2 aromatic heterocycles. The largest absolute Gasteiger partial charge is 0.496 e. The summed E-state index contributed by atoms with van der Waals surface area (Å²) in [6.07, 6.45) is 0. The van der Waals surface area contributed by atoms with Gasteiger partial charge in [-0.3, -0.25) is 0 Å². The van der Waals surface area contributed by atoms with E-state index in [0.29, 0.717) is 5.56 Å². The average molecular weight is 390 g/mol. The van der Waals surface area contributed by atoms with E-state index >= 15 is 0 Å². The van der Waals surface area contributed by atoms with E-state index in [0.717, 1.165) is 43.8 Å². The molecule has 4 rings (SSSR count). The van der Waals surface area contributed by atoms with E-state index in [9.17, 15) is 0 Å². The summed E-state index contributed by atoms with van der Waals surface area (Å²) in [5.74, 6) is 1.76. The average Bonchev–Trinajstić information content (AvgIpc) is 3.19. The van der Waals surface area contributed by atoms with Gasteiger partial charge in [0.1, 0.15) is 11.6 Å². The van der Waals surface area contributed by atoms with Crippen molar-refractivity contribution in [1.82, 2.24) is 4.98 Å². The van der Waals surface area contributed by atoms with Gasteiger partial charge in [-0.25, -0.2) is 4.98 Å². The number of nitrogens with zero attached hydrogens (tertiary/aromatic N) is 3. The highest BCUT2D eigenvalue weighted by Gasteiger charge is 2.12. The van der Waals surface area contributed by atoms with Crippen LogP contribution in [0.2, 0.25) is 0 Å². The minimum Gasteiger partial charge on any atom is -0.496 e. The van der Waals surface area contributed by atoms with Gasteiger partial charge in [-0.05, 0) is 36.1 Å². The van der Waals surface area contributed by atoms with E-state index in [1.165, 1.54) is 0 Å². The normalized spacial score (nSPS) is 11.7. The number of methoxy groups -OCH3 is 1. The first-order valence-electron chi connectivity index (χ1n) is 8.53. The second kappa shape index (κ2) is 7.24. The fourth-order valence-electron chi connectivity index (χ4n) is 3.10. The molecule has 0 aliphatic rings. The van der Waals surface area contributed by atoms with Gasteiger partial charge >= 0.3 is 0 Å². The van der Waals surface area contributed by atoms with Crippen LogP contribution in [-0.4, -0.2) is 17.9 Å². The molecular formula is C20H18N6OS. The van der Waals surface area contributed by atoms with Crippen molar-refractivity contribution < 1.29 is 4.74 Å². The third-order valence-electron chi connectivity index (χ3n) is 4.52. The zero-order chi connectivity index (χ0) is 19.7. The molecule has 0 saturated heterocycles. The number of thiophene rings is 1. The number of aromatic nitrogens is 1. The van der Waals surface area contributed by atoms with Crippen LogP contribution in [0.25, 0.3) is 21.0 Å². The Morgan fingerprint density at radius 1 is 1.18 bits per heavy atom. The highest BCUT2D eigenvalue weighted by atomic mass is 32.1. The summed E-state index contributed by atoms with van der Waals surface area (Å²) < 4.78 is 6.56. The number of benzene rings is 2. The van der Waals surface area contributed by atoms with Crippen LogP contribution < -0.4 is 15.8 Å². The van der Waals surface area contributed by atoms with Crippen LogP contribution >= 0.6 is 11.3 Å². The Bertz CT molecular complexity index is 1230. The molecule has 0 fully saturated rings. The number of amidine groups is 1. The van der Waals surface area contributed by atoms with Crippen LogP contribution in [0, 0.1) is 12.5 Å². The lowest BCUT2D eigenvalue weighted by molar-refractivity contribution is 0.412. The number of anilines is 2. The van der Waals surface area contributed by atoms with Crippen molar-refractivity contribution in [2.75, 3.05) is 12.4 Å². The van der Waals surface area contributed by atoms with E-state index < -0.39 is 0 Å². The summed E-state index contributed by atoms with van der Waals surface area (Å²) in [6, 6.07) is 13.7. The van der Waals surface area contributed by atoms with E-state index in [1.807, 2.05) is 43.3 Å². The first-order chi connectivity index (χ1) is 13.6. The first kappa shape index (κ1) is 17.9. The maximum absolute atomic E-state index is 6.86. The van der Waals surface area contributed by atoms with Gasteiger partial charge in [0.05, 0.1) is 12.6 Å². The Kier molecular flexibility index (Phi) is 4.62. The van der Waals surface area contributed by atoms with Crippen molar-refractivity contribution in [2.24, 2.45) is 16.1 Å². The third-order valence-corrected chi connectivity index (χ3v) is 5.47. The fourth-order valence-corrected chi connectivity index (χ4v) is 4.03. The fraction of sp³-hybridized carbons (Fsp3) is 0.100. The van der Waals surface area contributed by atoms with E-state index in [4.69, 9.17) is 21.0 Å². The molecule has 0 atom stereocenters. The highest BCUT2D eigenvalue weighted by molar-refractivity contribution is 7.18. The number of pyridine rings is 1. The van der Waals surface area contributed by atoms with Gasteiger partial charge in [-0.2, -0.15) is 5.53 Å². The van der Waals surface area contributed by atoms with Crippen molar-refractivity contribution in [1.29, 1.82) is 5.53 Å². The van der Waals surface area contributed by atoms with Gasteiger partial charge < -0.3 is 15.8 Å². The van der Waals surface area contributed by atoms with Crippen LogP contribution in [0.3, 0.4) is 0 Å². The molecule has 28 heavy (non-hydrogen) atoms.